The Kier molecular flexibility index (Phi) is 22.6. The van der Waals surface area contributed by atoms with Crippen molar-refractivity contribution in [2.75, 3.05) is 14.2 Å². The average Bonchev–Trinajstić information content (AvgIpc) is 3.10. The largest absolute Gasteiger partial charge is 0.507 e. The predicted octanol–water partition coefficient (Wildman–Crippen LogP) is 12.4. The second-order valence-corrected chi connectivity index (χ2v) is 12.1. The molecule has 0 amide bonds. The summed E-state index contributed by atoms with van der Waals surface area (Å²) < 4.78 is 44.0. The van der Waals surface area contributed by atoms with Crippen LogP contribution in [0.3, 0.4) is 0 Å². The molecule has 0 aromatic heterocycles. The maximum atomic E-state index is 12.8. The number of methoxy groups -OCH3 is 2. The number of ketones is 2. The van der Waals surface area contributed by atoms with Crippen molar-refractivity contribution < 1.29 is 44.2 Å². The van der Waals surface area contributed by atoms with Crippen molar-refractivity contribution in [1.29, 1.82) is 0 Å². The number of carboxylic acids is 1. The molecule has 0 spiro atoms. The van der Waals surface area contributed by atoms with Crippen LogP contribution in [0.15, 0.2) is 117 Å². The Bertz CT molecular complexity index is 1910. The summed E-state index contributed by atoms with van der Waals surface area (Å²) in [4.78, 5) is 34.9. The highest BCUT2D eigenvalue weighted by molar-refractivity contribution is 9.11. The number of halogens is 5. The van der Waals surface area contributed by atoms with Gasteiger partial charge in [-0.25, -0.2) is 13.6 Å². The van der Waals surface area contributed by atoms with Crippen molar-refractivity contribution in [2.45, 2.75) is 36.1 Å². The summed E-state index contributed by atoms with van der Waals surface area (Å²) in [7, 11) is 2.94. The zero-order valence-electron chi connectivity index (χ0n) is 27.3. The molecular formula is C40H43Br3F2O7. The van der Waals surface area contributed by atoms with Crippen molar-refractivity contribution in [2.24, 2.45) is 0 Å². The van der Waals surface area contributed by atoms with Crippen LogP contribution in [-0.2, 0) is 0 Å². The number of carboxylic acid groups (broad SMARTS) is 1. The van der Waals surface area contributed by atoms with Crippen LogP contribution in [0.25, 0.3) is 0 Å². The van der Waals surface area contributed by atoms with E-state index < -0.39 is 11.8 Å². The highest BCUT2D eigenvalue weighted by Gasteiger charge is 2.16. The maximum Gasteiger partial charge on any atom is 0.339 e. The van der Waals surface area contributed by atoms with E-state index in [9.17, 15) is 28.3 Å². The molecule has 5 rings (SSSR count). The van der Waals surface area contributed by atoms with Gasteiger partial charge in [-0.05, 0) is 103 Å². The predicted molar refractivity (Wildman–Crippen MR) is 215 cm³/mol. The van der Waals surface area contributed by atoms with Crippen LogP contribution in [0.1, 0.15) is 79.7 Å². The molecule has 280 valence electrons. The van der Waals surface area contributed by atoms with Crippen LogP contribution in [0.4, 0.5) is 8.78 Å². The van der Waals surface area contributed by atoms with E-state index in [0.29, 0.717) is 39.6 Å². The van der Waals surface area contributed by atoms with Gasteiger partial charge in [-0.1, -0.05) is 83.9 Å². The Labute approximate surface area is 331 Å². The maximum absolute atomic E-state index is 12.8. The average molecular weight is 914 g/mol. The fraction of sp³-hybridized carbons (Fsp3) is 0.175. The van der Waals surface area contributed by atoms with E-state index in [2.05, 4.69) is 47.8 Å². The van der Waals surface area contributed by atoms with Crippen LogP contribution in [0, 0.1) is 11.6 Å². The quantitative estimate of drug-likeness (QED) is 0.156. The lowest BCUT2D eigenvalue weighted by Gasteiger charge is -2.08. The van der Waals surface area contributed by atoms with Gasteiger partial charge in [-0.2, -0.15) is 0 Å². The molecule has 0 aliphatic rings. The fourth-order valence-corrected chi connectivity index (χ4v) is 4.99. The van der Waals surface area contributed by atoms with Crippen molar-refractivity contribution >= 4 is 65.3 Å². The molecule has 0 bridgehead atoms. The minimum atomic E-state index is -0.992. The molecule has 0 atom stereocenters. The molecule has 0 radical (unpaired) electrons. The number of rotatable bonds is 7. The third kappa shape index (κ3) is 14.7. The smallest absolute Gasteiger partial charge is 0.339 e. The molecule has 0 aliphatic heterocycles. The number of phenols is 1. The van der Waals surface area contributed by atoms with Crippen LogP contribution in [-0.4, -0.2) is 42.0 Å². The molecule has 52 heavy (non-hydrogen) atoms. The number of phenolic OH excluding ortho intramolecular Hbond substituents is 1. The van der Waals surface area contributed by atoms with Crippen LogP contribution >= 0.6 is 47.8 Å². The van der Waals surface area contributed by atoms with E-state index in [1.54, 1.807) is 43.3 Å². The van der Waals surface area contributed by atoms with Gasteiger partial charge in [-0.15, -0.1) is 0 Å². The van der Waals surface area contributed by atoms with Gasteiger partial charge in [0.25, 0.3) is 0 Å². The fourth-order valence-electron chi connectivity index (χ4n) is 3.91. The van der Waals surface area contributed by atoms with Gasteiger partial charge >= 0.3 is 5.97 Å². The molecular weight excluding hydrogens is 870 g/mol. The molecule has 0 aliphatic carbocycles. The van der Waals surface area contributed by atoms with Gasteiger partial charge in [0.05, 0.1) is 25.3 Å². The van der Waals surface area contributed by atoms with E-state index in [1.165, 1.54) is 80.9 Å². The first-order chi connectivity index (χ1) is 23.8. The lowest BCUT2D eigenvalue weighted by Crippen LogP contribution is -2.04. The van der Waals surface area contributed by atoms with Gasteiger partial charge in [-0.3, -0.25) is 9.59 Å². The minimum absolute atomic E-state index is 0. The standard InChI is InChI=1S/C14H10BrFO2.C13H8BrFO2.C8H7BrO3.C2H6.3CH4/c1-18-13-7-4-10(15)8-12(13)14(17)9-2-5-11(16)6-3-9;14-9-3-6-12(16)11(7-9)13(17)8-1-4-10(15)5-2-8;1-12-7-3-2-5(9)4-6(7)8(10)11;1-2;;;/h2-8H,1H3;1-7,16H;2-4H,1H3,(H,10,11);1-2H3;3*1H4/i;;;1D;;;. The first-order valence-corrected chi connectivity index (χ1v) is 16.4. The summed E-state index contributed by atoms with van der Waals surface area (Å²) in [5, 5.41) is 18.3. The zero-order chi connectivity index (χ0) is 37.4. The SMILES string of the molecule is C.C.C.COc1ccc(Br)cc1C(=O)O.COc1ccc(Br)cc1C(=O)c1ccc(F)cc1.O=C(c1ccc(F)cc1)c1cc(Br)ccc1O.[2H]CC. The Hall–Kier alpha value is -4.39. The molecule has 5 aromatic rings. The van der Waals surface area contributed by atoms with Crippen molar-refractivity contribution in [3.8, 4) is 17.2 Å². The number of aromatic hydroxyl groups is 1. The first kappa shape index (κ1) is 47.6. The van der Waals surface area contributed by atoms with E-state index in [1.807, 2.05) is 0 Å². The highest BCUT2D eigenvalue weighted by Crippen LogP contribution is 2.27. The number of ether oxygens (including phenoxy) is 2. The topological polar surface area (TPSA) is 110 Å². The van der Waals surface area contributed by atoms with Gasteiger partial charge in [0, 0.05) is 25.9 Å². The summed E-state index contributed by atoms with van der Waals surface area (Å²) in [5.41, 5.74) is 1.55. The van der Waals surface area contributed by atoms with Crippen LogP contribution in [0.5, 0.6) is 17.2 Å². The summed E-state index contributed by atoms with van der Waals surface area (Å²) in [6, 6.07) is 25.2. The summed E-state index contributed by atoms with van der Waals surface area (Å²) in [6.07, 6.45) is 0. The normalized spacial score (nSPS) is 9.42. The lowest BCUT2D eigenvalue weighted by atomic mass is 10.0. The summed E-state index contributed by atoms with van der Waals surface area (Å²) >= 11 is 9.71. The number of hydrogen-bond donors (Lipinski definition) is 2. The lowest BCUT2D eigenvalue weighted by molar-refractivity contribution is 0.0692. The molecule has 0 saturated carbocycles. The molecule has 2 N–H and O–H groups in total. The third-order valence-corrected chi connectivity index (χ3v) is 7.69. The molecule has 0 saturated heterocycles. The van der Waals surface area contributed by atoms with Crippen LogP contribution in [0.2, 0.25) is 0 Å². The zero-order valence-corrected chi connectivity index (χ0v) is 31.1. The van der Waals surface area contributed by atoms with Crippen molar-refractivity contribution in [1.82, 2.24) is 0 Å². The monoisotopic (exact) mass is 911 g/mol. The molecule has 0 heterocycles. The Balaban J connectivity index is 0. The minimum Gasteiger partial charge on any atom is -0.507 e. The molecule has 0 fully saturated rings. The molecule has 12 heteroatoms. The molecule has 5 aromatic carbocycles. The second kappa shape index (κ2) is 24.7. The number of benzene rings is 5. The van der Waals surface area contributed by atoms with Crippen LogP contribution < -0.4 is 9.47 Å². The number of carbonyl (C=O) groups is 3. The second-order valence-electron chi connectivity index (χ2n) is 9.33. The molecule has 7 nitrogen and oxygen atoms in total. The van der Waals surface area contributed by atoms with Crippen molar-refractivity contribution in [3.05, 3.63) is 156 Å². The van der Waals surface area contributed by atoms with E-state index in [0.717, 1.165) is 8.95 Å². The Morgan fingerprint density at radius 1 is 0.596 bits per heavy atom. The first-order valence-electron chi connectivity index (χ1n) is 14.8. The van der Waals surface area contributed by atoms with Crippen molar-refractivity contribution in [3.63, 3.8) is 0 Å². The van der Waals surface area contributed by atoms with Gasteiger partial charge < -0.3 is 19.7 Å². The Morgan fingerprint density at radius 3 is 1.31 bits per heavy atom. The number of hydrogen-bond acceptors (Lipinski definition) is 6. The van der Waals surface area contributed by atoms with E-state index in [-0.39, 0.29) is 56.5 Å². The van der Waals surface area contributed by atoms with Gasteiger partial charge in [0.2, 0.25) is 0 Å². The highest BCUT2D eigenvalue weighted by atomic mass is 79.9. The Morgan fingerprint density at radius 2 is 0.923 bits per heavy atom. The number of carbonyl (C=O) groups excluding carboxylic acids is 2. The summed E-state index contributed by atoms with van der Waals surface area (Å²) in [6.45, 7) is 2.29. The van der Waals surface area contributed by atoms with Gasteiger partial charge in [0.1, 0.15) is 34.4 Å². The third-order valence-electron chi connectivity index (χ3n) is 6.21. The van der Waals surface area contributed by atoms with Gasteiger partial charge in [0.15, 0.2) is 11.6 Å². The number of aromatic carboxylic acids is 1. The van der Waals surface area contributed by atoms with E-state index >= 15 is 0 Å². The summed E-state index contributed by atoms with van der Waals surface area (Å²) in [5.74, 6) is -1.54. The molecule has 0 unspecified atom stereocenters. The van der Waals surface area contributed by atoms with E-state index in [4.69, 9.17) is 16.0 Å².